The molecule has 1 amide bonds. The van der Waals surface area contributed by atoms with Gasteiger partial charge < -0.3 is 14.8 Å². The van der Waals surface area contributed by atoms with Crippen molar-refractivity contribution >= 4 is 15.9 Å². The van der Waals surface area contributed by atoms with Gasteiger partial charge in [-0.25, -0.2) is 13.2 Å². The fourth-order valence-corrected chi connectivity index (χ4v) is 2.92. The maximum absolute atomic E-state index is 12.7. The number of amides is 1. The lowest BCUT2D eigenvalue weighted by Crippen LogP contribution is -2.38. The number of nitrogens with one attached hydrogen (secondary N) is 1. The van der Waals surface area contributed by atoms with Crippen molar-refractivity contribution < 1.29 is 35.9 Å². The van der Waals surface area contributed by atoms with Gasteiger partial charge in [0.15, 0.2) is 9.84 Å². The standard InChI is InChI=1S/C17H24F3NO5S/c1-4-14(26-16(22)21-10-12(3)27(23,24)5-2)11-25-15-8-6-7-13(9-15)17(18,19)20/h6-9,12,14H,4-5,10-11H2,1-3H3,(H,21,22). The molecule has 2 unspecified atom stereocenters. The molecule has 0 aliphatic carbocycles. The van der Waals surface area contributed by atoms with Crippen molar-refractivity contribution in [1.29, 1.82) is 0 Å². The molecule has 6 nitrogen and oxygen atoms in total. The lowest BCUT2D eigenvalue weighted by Gasteiger charge is -2.19. The normalized spacial score (nSPS) is 14.3. The summed E-state index contributed by atoms with van der Waals surface area (Å²) in [6.07, 6.45) is -5.62. The van der Waals surface area contributed by atoms with E-state index in [1.165, 1.54) is 26.0 Å². The van der Waals surface area contributed by atoms with Crippen LogP contribution in [0, 0.1) is 0 Å². The second kappa shape index (κ2) is 9.82. The molecule has 2 atom stereocenters. The molecule has 0 aromatic heterocycles. The molecule has 0 spiro atoms. The highest BCUT2D eigenvalue weighted by atomic mass is 32.2. The molecule has 1 N–H and O–H groups in total. The first-order valence-corrected chi connectivity index (χ1v) is 10.2. The summed E-state index contributed by atoms with van der Waals surface area (Å²) >= 11 is 0. The molecule has 0 aliphatic rings. The summed E-state index contributed by atoms with van der Waals surface area (Å²) in [6, 6.07) is 4.39. The summed E-state index contributed by atoms with van der Waals surface area (Å²) < 4.78 is 71.8. The van der Waals surface area contributed by atoms with Crippen LogP contribution in [0.5, 0.6) is 5.75 Å². The highest BCUT2D eigenvalue weighted by Crippen LogP contribution is 2.31. The number of ether oxygens (including phenoxy) is 2. The van der Waals surface area contributed by atoms with Gasteiger partial charge >= 0.3 is 12.3 Å². The van der Waals surface area contributed by atoms with Gasteiger partial charge in [-0.1, -0.05) is 19.9 Å². The maximum atomic E-state index is 12.7. The molecule has 0 saturated heterocycles. The van der Waals surface area contributed by atoms with E-state index < -0.39 is 39.0 Å². The first-order valence-electron chi connectivity index (χ1n) is 8.45. The van der Waals surface area contributed by atoms with Crippen molar-refractivity contribution in [3.8, 4) is 5.75 Å². The fourth-order valence-electron chi connectivity index (χ4n) is 2.02. The van der Waals surface area contributed by atoms with Crippen molar-refractivity contribution in [2.75, 3.05) is 18.9 Å². The highest BCUT2D eigenvalue weighted by Gasteiger charge is 2.30. The summed E-state index contributed by atoms with van der Waals surface area (Å²) in [5.74, 6) is -0.0252. The zero-order valence-corrected chi connectivity index (χ0v) is 16.2. The molecule has 0 fully saturated rings. The van der Waals surface area contributed by atoms with Gasteiger partial charge in [0.2, 0.25) is 0 Å². The Labute approximate surface area is 157 Å². The average Bonchev–Trinajstić information content (AvgIpc) is 2.62. The molecular weight excluding hydrogens is 387 g/mol. The Morgan fingerprint density at radius 3 is 2.48 bits per heavy atom. The zero-order chi connectivity index (χ0) is 20.7. The molecule has 27 heavy (non-hydrogen) atoms. The molecule has 1 rings (SSSR count). The Morgan fingerprint density at radius 2 is 1.93 bits per heavy atom. The van der Waals surface area contributed by atoms with Gasteiger partial charge in [-0.2, -0.15) is 13.2 Å². The van der Waals surface area contributed by atoms with Crippen LogP contribution in [0.2, 0.25) is 0 Å². The Bertz CT molecular complexity index is 722. The number of halogens is 3. The van der Waals surface area contributed by atoms with E-state index in [-0.39, 0.29) is 24.7 Å². The topological polar surface area (TPSA) is 81.7 Å². The van der Waals surface area contributed by atoms with E-state index in [9.17, 15) is 26.4 Å². The van der Waals surface area contributed by atoms with E-state index in [4.69, 9.17) is 9.47 Å². The number of hydrogen-bond donors (Lipinski definition) is 1. The number of benzene rings is 1. The van der Waals surface area contributed by atoms with E-state index in [1.807, 2.05) is 0 Å². The number of sulfone groups is 1. The first-order chi connectivity index (χ1) is 12.5. The van der Waals surface area contributed by atoms with Gasteiger partial charge in [0.1, 0.15) is 18.5 Å². The third-order valence-corrected chi connectivity index (χ3v) is 6.07. The fraction of sp³-hybridized carbons (Fsp3) is 0.588. The smallest absolute Gasteiger partial charge is 0.416 e. The van der Waals surface area contributed by atoms with Crippen LogP contribution in [0.3, 0.4) is 0 Å². The van der Waals surface area contributed by atoms with Crippen molar-refractivity contribution in [3.05, 3.63) is 29.8 Å². The number of alkyl carbamates (subject to hydrolysis) is 1. The Balaban J connectivity index is 2.54. The molecule has 0 aliphatic heterocycles. The largest absolute Gasteiger partial charge is 0.490 e. The van der Waals surface area contributed by atoms with E-state index >= 15 is 0 Å². The second-order valence-electron chi connectivity index (χ2n) is 5.92. The third kappa shape index (κ3) is 7.66. The molecular formula is C17H24F3NO5S. The molecule has 0 bridgehead atoms. The number of carbonyl (C=O) groups is 1. The van der Waals surface area contributed by atoms with Crippen LogP contribution >= 0.6 is 0 Å². The maximum Gasteiger partial charge on any atom is 0.416 e. The van der Waals surface area contributed by atoms with E-state index in [0.29, 0.717) is 6.42 Å². The average molecular weight is 411 g/mol. The monoisotopic (exact) mass is 411 g/mol. The minimum atomic E-state index is -4.48. The van der Waals surface area contributed by atoms with Gasteiger partial charge in [-0.05, 0) is 31.5 Å². The van der Waals surface area contributed by atoms with Crippen molar-refractivity contribution in [1.82, 2.24) is 5.32 Å². The number of hydrogen-bond acceptors (Lipinski definition) is 5. The van der Waals surface area contributed by atoms with E-state index in [0.717, 1.165) is 12.1 Å². The predicted molar refractivity (Wildman–Crippen MR) is 94.4 cm³/mol. The highest BCUT2D eigenvalue weighted by molar-refractivity contribution is 7.92. The summed E-state index contributed by atoms with van der Waals surface area (Å²) in [5.41, 5.74) is -0.835. The summed E-state index contributed by atoms with van der Waals surface area (Å²) in [6.45, 7) is 4.49. The molecule has 154 valence electrons. The van der Waals surface area contributed by atoms with Crippen LogP contribution in [0.1, 0.15) is 32.8 Å². The molecule has 0 heterocycles. The van der Waals surface area contributed by atoms with Gasteiger partial charge in [-0.3, -0.25) is 0 Å². The van der Waals surface area contributed by atoms with Crippen LogP contribution < -0.4 is 10.1 Å². The number of carbonyl (C=O) groups excluding carboxylic acids is 1. The molecule has 10 heteroatoms. The van der Waals surface area contributed by atoms with Crippen LogP contribution in [-0.2, 0) is 20.8 Å². The third-order valence-electron chi connectivity index (χ3n) is 3.88. The van der Waals surface area contributed by atoms with Crippen LogP contribution in [0.25, 0.3) is 0 Å². The van der Waals surface area contributed by atoms with E-state index in [1.54, 1.807) is 6.92 Å². The van der Waals surface area contributed by atoms with Gasteiger partial charge in [-0.15, -0.1) is 0 Å². The Hall–Kier alpha value is -1.97. The van der Waals surface area contributed by atoms with Crippen molar-refractivity contribution in [3.63, 3.8) is 0 Å². The first kappa shape index (κ1) is 23.1. The number of rotatable bonds is 9. The minimum absolute atomic E-state index is 0.00921. The Morgan fingerprint density at radius 1 is 1.26 bits per heavy atom. The molecule has 0 radical (unpaired) electrons. The Kier molecular flexibility index (Phi) is 8.39. The minimum Gasteiger partial charge on any atom is -0.490 e. The SMILES string of the molecule is CCC(COc1cccc(C(F)(F)F)c1)OC(=O)NCC(C)S(=O)(=O)CC. The molecule has 1 aromatic carbocycles. The summed E-state index contributed by atoms with van der Waals surface area (Å²) in [7, 11) is -3.28. The van der Waals surface area contributed by atoms with Gasteiger partial charge in [0.05, 0.1) is 10.8 Å². The molecule has 1 aromatic rings. The van der Waals surface area contributed by atoms with Crippen molar-refractivity contribution in [2.24, 2.45) is 0 Å². The predicted octanol–water partition coefficient (Wildman–Crippen LogP) is 3.41. The van der Waals surface area contributed by atoms with Gasteiger partial charge in [0.25, 0.3) is 0 Å². The van der Waals surface area contributed by atoms with Crippen molar-refractivity contribution in [2.45, 2.75) is 44.7 Å². The number of alkyl halides is 3. The lowest BCUT2D eigenvalue weighted by molar-refractivity contribution is -0.137. The quantitative estimate of drug-likeness (QED) is 0.673. The van der Waals surface area contributed by atoms with Crippen LogP contribution in [0.15, 0.2) is 24.3 Å². The van der Waals surface area contributed by atoms with Crippen LogP contribution in [0.4, 0.5) is 18.0 Å². The van der Waals surface area contributed by atoms with Gasteiger partial charge in [0, 0.05) is 12.3 Å². The molecule has 0 saturated carbocycles. The summed E-state index contributed by atoms with van der Waals surface area (Å²) in [5, 5.41) is 1.62. The van der Waals surface area contributed by atoms with Crippen LogP contribution in [-0.4, -0.2) is 44.8 Å². The zero-order valence-electron chi connectivity index (χ0n) is 15.4. The van der Waals surface area contributed by atoms with E-state index in [2.05, 4.69) is 5.32 Å². The second-order valence-corrected chi connectivity index (χ2v) is 8.62. The lowest BCUT2D eigenvalue weighted by atomic mass is 10.2. The summed E-state index contributed by atoms with van der Waals surface area (Å²) in [4.78, 5) is 11.8.